The predicted molar refractivity (Wildman–Crippen MR) is 107 cm³/mol. The third kappa shape index (κ3) is 4.20. The number of para-hydroxylation sites is 1. The zero-order valence-corrected chi connectivity index (χ0v) is 15.6. The Bertz CT molecular complexity index is 1020. The van der Waals surface area contributed by atoms with E-state index in [1.807, 2.05) is 48.9 Å². The number of benzene rings is 2. The molecule has 1 aromatic heterocycles. The van der Waals surface area contributed by atoms with Crippen molar-refractivity contribution in [3.63, 3.8) is 0 Å². The monoisotopic (exact) mass is 359 g/mol. The lowest BCUT2D eigenvalue weighted by atomic mass is 10.1. The van der Waals surface area contributed by atoms with Crippen LogP contribution in [0.25, 0.3) is 11.8 Å². The molecular formula is C22H21N3O2. The number of carbonyl (C=O) groups excluding carboxylic acids is 2. The Hall–Kier alpha value is -3.47. The Labute approximate surface area is 158 Å². The molecule has 0 atom stereocenters. The van der Waals surface area contributed by atoms with Crippen LogP contribution in [0.5, 0.6) is 0 Å². The first-order valence-electron chi connectivity index (χ1n) is 8.67. The fourth-order valence-electron chi connectivity index (χ4n) is 2.93. The molecule has 0 fully saturated rings. The summed E-state index contributed by atoms with van der Waals surface area (Å²) in [4.78, 5) is 23.7. The minimum atomic E-state index is -0.172. The van der Waals surface area contributed by atoms with E-state index in [9.17, 15) is 9.59 Å². The summed E-state index contributed by atoms with van der Waals surface area (Å²) in [7, 11) is 0. The second-order valence-electron chi connectivity index (χ2n) is 6.29. The summed E-state index contributed by atoms with van der Waals surface area (Å²) < 4.78 is 1.87. The predicted octanol–water partition coefficient (Wildman–Crippen LogP) is 4.34. The van der Waals surface area contributed by atoms with Gasteiger partial charge >= 0.3 is 0 Å². The van der Waals surface area contributed by atoms with Gasteiger partial charge in [-0.15, -0.1) is 0 Å². The van der Waals surface area contributed by atoms with E-state index in [1.54, 1.807) is 36.4 Å². The molecule has 1 amide bonds. The van der Waals surface area contributed by atoms with Crippen molar-refractivity contribution in [3.8, 4) is 5.69 Å². The number of aryl methyl sites for hydroxylation is 1. The lowest BCUT2D eigenvalue weighted by Gasteiger charge is -2.04. The van der Waals surface area contributed by atoms with Gasteiger partial charge in [-0.25, -0.2) is 4.68 Å². The molecule has 2 aromatic carbocycles. The number of hydrogen-bond acceptors (Lipinski definition) is 3. The molecule has 3 rings (SSSR count). The topological polar surface area (TPSA) is 64.0 Å². The van der Waals surface area contributed by atoms with E-state index in [0.29, 0.717) is 11.3 Å². The molecule has 0 radical (unpaired) electrons. The molecule has 136 valence electrons. The number of nitrogens with one attached hydrogen (secondary N) is 1. The normalized spacial score (nSPS) is 10.9. The third-order valence-electron chi connectivity index (χ3n) is 4.22. The van der Waals surface area contributed by atoms with Gasteiger partial charge in [-0.3, -0.25) is 9.59 Å². The van der Waals surface area contributed by atoms with Crippen molar-refractivity contribution >= 4 is 23.5 Å². The number of carbonyl (C=O) groups is 2. The van der Waals surface area contributed by atoms with E-state index in [2.05, 4.69) is 10.4 Å². The molecule has 27 heavy (non-hydrogen) atoms. The van der Waals surface area contributed by atoms with Gasteiger partial charge in [0.2, 0.25) is 5.91 Å². The van der Waals surface area contributed by atoms with E-state index < -0.39 is 0 Å². The van der Waals surface area contributed by atoms with Crippen LogP contribution in [0.4, 0.5) is 5.69 Å². The van der Waals surface area contributed by atoms with Crippen molar-refractivity contribution in [2.24, 2.45) is 0 Å². The maximum atomic E-state index is 12.5. The molecule has 0 saturated carbocycles. The third-order valence-corrected chi connectivity index (χ3v) is 4.22. The van der Waals surface area contributed by atoms with Gasteiger partial charge in [-0.1, -0.05) is 30.3 Å². The van der Waals surface area contributed by atoms with Crippen LogP contribution in [0, 0.1) is 13.8 Å². The molecule has 0 aliphatic carbocycles. The van der Waals surface area contributed by atoms with E-state index in [4.69, 9.17) is 0 Å². The molecule has 0 saturated heterocycles. The van der Waals surface area contributed by atoms with Crippen LogP contribution in [-0.2, 0) is 4.79 Å². The summed E-state index contributed by atoms with van der Waals surface area (Å²) in [5, 5.41) is 7.27. The SMILES string of the molecule is CC(=O)Nc1cccc(C(=O)/C=C/c2c(C)nn(-c3ccccc3)c2C)c1. The fraction of sp³-hybridized carbons (Fsp3) is 0.136. The van der Waals surface area contributed by atoms with Crippen LogP contribution >= 0.6 is 0 Å². The first-order chi connectivity index (χ1) is 13.0. The summed E-state index contributed by atoms with van der Waals surface area (Å²) >= 11 is 0. The van der Waals surface area contributed by atoms with E-state index >= 15 is 0 Å². The van der Waals surface area contributed by atoms with Crippen LogP contribution in [0.2, 0.25) is 0 Å². The molecule has 0 aliphatic rings. The Morgan fingerprint density at radius 1 is 1.04 bits per heavy atom. The average Bonchev–Trinajstić information content (AvgIpc) is 2.94. The van der Waals surface area contributed by atoms with Crippen molar-refractivity contribution in [3.05, 3.63) is 83.2 Å². The van der Waals surface area contributed by atoms with Gasteiger partial charge in [-0.05, 0) is 50.3 Å². The van der Waals surface area contributed by atoms with Gasteiger partial charge in [0.25, 0.3) is 0 Å². The van der Waals surface area contributed by atoms with Gasteiger partial charge in [-0.2, -0.15) is 5.10 Å². The highest BCUT2D eigenvalue weighted by Crippen LogP contribution is 2.20. The number of aromatic nitrogens is 2. The molecule has 0 bridgehead atoms. The average molecular weight is 359 g/mol. The van der Waals surface area contributed by atoms with E-state index in [1.165, 1.54) is 6.92 Å². The number of rotatable bonds is 5. The molecule has 0 spiro atoms. The maximum absolute atomic E-state index is 12.5. The van der Waals surface area contributed by atoms with Gasteiger partial charge in [0.05, 0.1) is 11.4 Å². The lowest BCUT2D eigenvalue weighted by molar-refractivity contribution is -0.114. The van der Waals surface area contributed by atoms with E-state index in [0.717, 1.165) is 22.6 Å². The first-order valence-corrected chi connectivity index (χ1v) is 8.67. The van der Waals surface area contributed by atoms with Gasteiger partial charge in [0.1, 0.15) is 0 Å². The Kier molecular flexibility index (Phi) is 5.31. The molecular weight excluding hydrogens is 338 g/mol. The minimum Gasteiger partial charge on any atom is -0.326 e. The number of ketones is 1. The zero-order chi connectivity index (χ0) is 19.4. The largest absolute Gasteiger partial charge is 0.326 e. The zero-order valence-electron chi connectivity index (χ0n) is 15.6. The van der Waals surface area contributed by atoms with Crippen molar-refractivity contribution < 1.29 is 9.59 Å². The van der Waals surface area contributed by atoms with Crippen molar-refractivity contribution in [1.29, 1.82) is 0 Å². The van der Waals surface area contributed by atoms with E-state index in [-0.39, 0.29) is 11.7 Å². The number of nitrogens with zero attached hydrogens (tertiary/aromatic N) is 2. The lowest BCUT2D eigenvalue weighted by Crippen LogP contribution is -2.06. The molecule has 3 aromatic rings. The Morgan fingerprint density at radius 2 is 1.78 bits per heavy atom. The second-order valence-corrected chi connectivity index (χ2v) is 6.29. The van der Waals surface area contributed by atoms with Crippen LogP contribution in [0.15, 0.2) is 60.7 Å². The Balaban J connectivity index is 1.85. The highest BCUT2D eigenvalue weighted by atomic mass is 16.1. The summed E-state index contributed by atoms with van der Waals surface area (Å²) in [5.41, 5.74) is 4.84. The molecule has 1 heterocycles. The summed E-state index contributed by atoms with van der Waals surface area (Å²) in [5.74, 6) is -0.303. The molecule has 5 heteroatoms. The van der Waals surface area contributed by atoms with Crippen molar-refractivity contribution in [1.82, 2.24) is 9.78 Å². The number of amides is 1. The standard InChI is InChI=1S/C22H21N3O2/c1-15-21(16(2)25(24-15)20-10-5-4-6-11-20)12-13-22(27)18-8-7-9-19(14-18)23-17(3)26/h4-14H,1-3H3,(H,23,26)/b13-12+. The van der Waals surface area contributed by atoms with Crippen LogP contribution in [-0.4, -0.2) is 21.5 Å². The van der Waals surface area contributed by atoms with Gasteiger partial charge in [0, 0.05) is 29.4 Å². The Morgan fingerprint density at radius 3 is 2.48 bits per heavy atom. The van der Waals surface area contributed by atoms with Crippen molar-refractivity contribution in [2.45, 2.75) is 20.8 Å². The number of allylic oxidation sites excluding steroid dienone is 1. The van der Waals surface area contributed by atoms with Gasteiger partial charge in [0.15, 0.2) is 5.78 Å². The summed E-state index contributed by atoms with van der Waals surface area (Å²) in [6.07, 6.45) is 3.34. The maximum Gasteiger partial charge on any atom is 0.221 e. The smallest absolute Gasteiger partial charge is 0.221 e. The molecule has 1 N–H and O–H groups in total. The molecule has 0 aliphatic heterocycles. The first kappa shape index (κ1) is 18.3. The number of anilines is 1. The summed E-state index contributed by atoms with van der Waals surface area (Å²) in [6, 6.07) is 16.8. The quantitative estimate of drug-likeness (QED) is 0.544. The second kappa shape index (κ2) is 7.83. The summed E-state index contributed by atoms with van der Waals surface area (Å²) in [6.45, 7) is 5.34. The molecule has 5 nitrogen and oxygen atoms in total. The minimum absolute atomic E-state index is 0.131. The van der Waals surface area contributed by atoms with Crippen molar-refractivity contribution in [2.75, 3.05) is 5.32 Å². The molecule has 0 unspecified atom stereocenters. The fourth-order valence-corrected chi connectivity index (χ4v) is 2.93. The van der Waals surface area contributed by atoms with Crippen LogP contribution in [0.3, 0.4) is 0 Å². The highest BCUT2D eigenvalue weighted by molar-refractivity contribution is 6.07. The highest BCUT2D eigenvalue weighted by Gasteiger charge is 2.11. The number of hydrogen-bond donors (Lipinski definition) is 1. The van der Waals surface area contributed by atoms with Crippen LogP contribution in [0.1, 0.15) is 34.2 Å². The van der Waals surface area contributed by atoms with Gasteiger partial charge < -0.3 is 5.32 Å². The van der Waals surface area contributed by atoms with Crippen LogP contribution < -0.4 is 5.32 Å².